The molecule has 1 N–H and O–H groups in total. The van der Waals surface area contributed by atoms with Gasteiger partial charge in [0.1, 0.15) is 11.8 Å². The van der Waals surface area contributed by atoms with Gasteiger partial charge in [-0.25, -0.2) is 15.0 Å². The number of ether oxygens (including phenoxy) is 1. The van der Waals surface area contributed by atoms with E-state index in [0.717, 1.165) is 43.3 Å². The molecule has 0 aliphatic carbocycles. The lowest BCUT2D eigenvalue weighted by Gasteiger charge is -2.35. The van der Waals surface area contributed by atoms with Crippen molar-refractivity contribution >= 4 is 22.8 Å². The average Bonchev–Trinajstić information content (AvgIpc) is 3.11. The Morgan fingerprint density at radius 3 is 2.70 bits per heavy atom. The summed E-state index contributed by atoms with van der Waals surface area (Å²) in [7, 11) is 1.59. The molecule has 0 aromatic carbocycles. The smallest absolute Gasteiger partial charge is 0.233 e. The summed E-state index contributed by atoms with van der Waals surface area (Å²) in [6.07, 6.45) is 6.56. The first-order chi connectivity index (χ1) is 11.3. The van der Waals surface area contributed by atoms with E-state index in [0.29, 0.717) is 11.5 Å². The van der Waals surface area contributed by atoms with Crippen LogP contribution in [0.5, 0.6) is 5.88 Å². The van der Waals surface area contributed by atoms with Crippen LogP contribution in [-0.2, 0) is 0 Å². The van der Waals surface area contributed by atoms with E-state index in [4.69, 9.17) is 4.74 Å². The molecule has 118 valence electrons. The Bertz CT molecular complexity index is 811. The minimum Gasteiger partial charge on any atom is -0.480 e. The highest BCUT2D eigenvalue weighted by atomic mass is 16.5. The second kappa shape index (κ2) is 5.67. The van der Waals surface area contributed by atoms with Crippen molar-refractivity contribution in [3.8, 4) is 5.88 Å². The number of nitrogens with one attached hydrogen (secondary N) is 1. The molecule has 1 aliphatic rings. The summed E-state index contributed by atoms with van der Waals surface area (Å²) in [5, 5.41) is 0. The van der Waals surface area contributed by atoms with E-state index in [9.17, 15) is 0 Å². The van der Waals surface area contributed by atoms with Crippen molar-refractivity contribution in [3.63, 3.8) is 0 Å². The molecule has 4 rings (SSSR count). The predicted molar refractivity (Wildman–Crippen MR) is 84.7 cm³/mol. The predicted octanol–water partition coefficient (Wildman–Crippen LogP) is 0.478. The number of fused-ring (bicyclic) bond motifs is 1. The summed E-state index contributed by atoms with van der Waals surface area (Å²) in [6, 6.07) is 0. The van der Waals surface area contributed by atoms with Crippen LogP contribution in [0.3, 0.4) is 0 Å². The molecule has 0 bridgehead atoms. The first kappa shape index (κ1) is 13.7. The molecule has 0 radical (unpaired) electrons. The highest BCUT2D eigenvalue weighted by Gasteiger charge is 2.21. The first-order valence-electron chi connectivity index (χ1n) is 7.35. The highest BCUT2D eigenvalue weighted by molar-refractivity contribution is 5.82. The van der Waals surface area contributed by atoms with Crippen LogP contribution in [0.25, 0.3) is 11.2 Å². The number of hydrogen-bond acceptors (Lipinski definition) is 8. The van der Waals surface area contributed by atoms with Gasteiger partial charge in [-0.1, -0.05) is 0 Å². The molecule has 1 fully saturated rings. The third-order valence-electron chi connectivity index (χ3n) is 3.92. The number of piperazine rings is 1. The maximum atomic E-state index is 5.14. The van der Waals surface area contributed by atoms with Gasteiger partial charge in [-0.2, -0.15) is 4.98 Å². The van der Waals surface area contributed by atoms with Gasteiger partial charge >= 0.3 is 0 Å². The quantitative estimate of drug-likeness (QED) is 0.746. The normalized spacial score (nSPS) is 15.2. The van der Waals surface area contributed by atoms with Crippen molar-refractivity contribution < 1.29 is 4.74 Å². The standard InChI is InChI=1S/C14H16N8O/c1-23-11-7-15-6-10(20-11)21-2-4-22(5-3-21)14-12-13(17-8-16-12)18-9-19-14/h6-9H,2-5H2,1H3,(H,16,17,18,19). The van der Waals surface area contributed by atoms with E-state index >= 15 is 0 Å². The van der Waals surface area contributed by atoms with Gasteiger partial charge in [0, 0.05) is 26.2 Å². The lowest BCUT2D eigenvalue weighted by molar-refractivity contribution is 0.395. The van der Waals surface area contributed by atoms with E-state index in [-0.39, 0.29) is 0 Å². The fraction of sp³-hybridized carbons (Fsp3) is 0.357. The zero-order valence-electron chi connectivity index (χ0n) is 12.7. The van der Waals surface area contributed by atoms with E-state index in [1.54, 1.807) is 32.2 Å². The Labute approximate surface area is 132 Å². The Balaban J connectivity index is 1.51. The minimum atomic E-state index is 0.528. The molecule has 3 aromatic heterocycles. The largest absolute Gasteiger partial charge is 0.480 e. The molecule has 0 spiro atoms. The maximum Gasteiger partial charge on any atom is 0.233 e. The molecule has 3 aromatic rings. The number of imidazole rings is 1. The number of nitrogens with zero attached hydrogens (tertiary/aromatic N) is 7. The number of H-pyrrole nitrogens is 1. The van der Waals surface area contributed by atoms with Crippen LogP contribution >= 0.6 is 0 Å². The summed E-state index contributed by atoms with van der Waals surface area (Å²) in [4.78, 5) is 28.9. The zero-order chi connectivity index (χ0) is 15.6. The summed E-state index contributed by atoms with van der Waals surface area (Å²) in [5.74, 6) is 2.25. The van der Waals surface area contributed by atoms with Crippen molar-refractivity contribution in [1.82, 2.24) is 29.9 Å². The van der Waals surface area contributed by atoms with Crippen LogP contribution in [0.15, 0.2) is 25.0 Å². The fourth-order valence-electron chi connectivity index (χ4n) is 2.73. The molecular weight excluding hydrogens is 296 g/mol. The molecule has 0 unspecified atom stereocenters. The molecule has 0 saturated carbocycles. The van der Waals surface area contributed by atoms with Crippen LogP contribution in [0.4, 0.5) is 11.6 Å². The topological polar surface area (TPSA) is 96.0 Å². The molecule has 1 saturated heterocycles. The number of anilines is 2. The molecule has 1 aliphatic heterocycles. The van der Waals surface area contributed by atoms with Crippen molar-refractivity contribution in [3.05, 3.63) is 25.0 Å². The van der Waals surface area contributed by atoms with Gasteiger partial charge in [-0.15, -0.1) is 0 Å². The van der Waals surface area contributed by atoms with Crippen LogP contribution in [0.2, 0.25) is 0 Å². The Hall–Kier alpha value is -2.97. The van der Waals surface area contributed by atoms with Crippen molar-refractivity contribution in [1.29, 1.82) is 0 Å². The van der Waals surface area contributed by atoms with E-state index in [2.05, 4.69) is 39.7 Å². The molecule has 0 amide bonds. The van der Waals surface area contributed by atoms with Gasteiger partial charge in [0.15, 0.2) is 17.3 Å². The molecule has 23 heavy (non-hydrogen) atoms. The fourth-order valence-corrected chi connectivity index (χ4v) is 2.73. The lowest BCUT2D eigenvalue weighted by Crippen LogP contribution is -2.47. The van der Waals surface area contributed by atoms with Crippen molar-refractivity contribution in [2.24, 2.45) is 0 Å². The minimum absolute atomic E-state index is 0.528. The summed E-state index contributed by atoms with van der Waals surface area (Å²) < 4.78 is 5.14. The van der Waals surface area contributed by atoms with Crippen LogP contribution in [0.1, 0.15) is 0 Å². The Morgan fingerprint density at radius 2 is 1.87 bits per heavy atom. The number of aromatic nitrogens is 6. The third kappa shape index (κ3) is 2.50. The second-order valence-electron chi connectivity index (χ2n) is 5.19. The Morgan fingerprint density at radius 1 is 1.04 bits per heavy atom. The molecule has 9 heteroatoms. The van der Waals surface area contributed by atoms with E-state index < -0.39 is 0 Å². The summed E-state index contributed by atoms with van der Waals surface area (Å²) >= 11 is 0. The molecular formula is C14H16N8O. The number of aromatic amines is 1. The Kier molecular flexibility index (Phi) is 3.37. The van der Waals surface area contributed by atoms with Crippen LogP contribution in [0, 0.1) is 0 Å². The van der Waals surface area contributed by atoms with Gasteiger partial charge in [-0.3, -0.25) is 4.98 Å². The average molecular weight is 312 g/mol. The molecule has 9 nitrogen and oxygen atoms in total. The number of methoxy groups -OCH3 is 1. The first-order valence-corrected chi connectivity index (χ1v) is 7.35. The zero-order valence-corrected chi connectivity index (χ0v) is 12.7. The van der Waals surface area contributed by atoms with Gasteiger partial charge in [0.05, 0.1) is 25.8 Å². The molecule has 4 heterocycles. The monoisotopic (exact) mass is 312 g/mol. The lowest BCUT2D eigenvalue weighted by atomic mass is 10.3. The number of hydrogen-bond donors (Lipinski definition) is 1. The third-order valence-corrected chi connectivity index (χ3v) is 3.92. The van der Waals surface area contributed by atoms with Crippen molar-refractivity contribution in [2.75, 3.05) is 43.1 Å². The van der Waals surface area contributed by atoms with Crippen LogP contribution < -0.4 is 14.5 Å². The highest BCUT2D eigenvalue weighted by Crippen LogP contribution is 2.22. The van der Waals surface area contributed by atoms with Crippen molar-refractivity contribution in [2.45, 2.75) is 0 Å². The molecule has 0 atom stereocenters. The number of rotatable bonds is 3. The van der Waals surface area contributed by atoms with Gasteiger partial charge in [0.2, 0.25) is 5.88 Å². The SMILES string of the molecule is COc1cncc(N2CCN(c3ncnc4nc[nH]c34)CC2)n1. The van der Waals surface area contributed by atoms with E-state index in [1.807, 2.05) is 0 Å². The maximum absolute atomic E-state index is 5.14. The summed E-state index contributed by atoms with van der Waals surface area (Å²) in [5.41, 5.74) is 1.57. The second-order valence-corrected chi connectivity index (χ2v) is 5.19. The summed E-state index contributed by atoms with van der Waals surface area (Å²) in [6.45, 7) is 3.34. The van der Waals surface area contributed by atoms with Gasteiger partial charge in [-0.05, 0) is 0 Å². The van der Waals surface area contributed by atoms with Crippen LogP contribution in [-0.4, -0.2) is 63.2 Å². The van der Waals surface area contributed by atoms with Gasteiger partial charge < -0.3 is 19.5 Å². The van der Waals surface area contributed by atoms with Gasteiger partial charge in [0.25, 0.3) is 0 Å². The van der Waals surface area contributed by atoms with E-state index in [1.165, 1.54) is 0 Å².